The van der Waals surface area contributed by atoms with Gasteiger partial charge in [-0.3, -0.25) is 19.4 Å². The molecular weight excluding hydrogens is 562 g/mol. The molecule has 4 amide bonds. The number of hydrogen-bond acceptors (Lipinski definition) is 4. The van der Waals surface area contributed by atoms with E-state index in [0.717, 1.165) is 30.5 Å². The fourth-order valence-electron chi connectivity index (χ4n) is 8.13. The van der Waals surface area contributed by atoms with Crippen LogP contribution in [-0.2, 0) is 16.1 Å². The van der Waals surface area contributed by atoms with E-state index in [1.807, 2.05) is 79.4 Å². The Labute approximate surface area is 259 Å². The number of urea groups is 1. The molecule has 0 aromatic heterocycles. The quantitative estimate of drug-likeness (QED) is 0.340. The van der Waals surface area contributed by atoms with Crippen LogP contribution in [0.5, 0.6) is 0 Å². The number of carbonyl (C=O) groups excluding carboxylic acids is 3. The number of alkyl halides is 2. The lowest BCUT2D eigenvalue weighted by Crippen LogP contribution is -2.60. The molecule has 3 aliphatic heterocycles. The van der Waals surface area contributed by atoms with Crippen LogP contribution >= 0.6 is 0 Å². The van der Waals surface area contributed by atoms with E-state index in [0.29, 0.717) is 25.8 Å². The molecule has 1 N–H and O–H groups in total. The van der Waals surface area contributed by atoms with Crippen LogP contribution in [0.2, 0.25) is 0 Å². The molecule has 2 unspecified atom stereocenters. The van der Waals surface area contributed by atoms with Crippen LogP contribution in [0.25, 0.3) is 0 Å². The fraction of sp³-hybridized carbons (Fsp3) is 0.571. The third-order valence-corrected chi connectivity index (χ3v) is 10.5. The Bertz CT molecular complexity index is 1330. The Hall–Kier alpha value is -3.33. The molecule has 0 radical (unpaired) electrons. The van der Waals surface area contributed by atoms with E-state index < -0.39 is 17.4 Å². The SMILES string of the molecule is CC(C)N1C(=O)N(Cc2ccccc2)C2(CC3CCC(C2)N3CC[C@H](NC(=O)C2CCC(F)(F)CC2)c2ccccc2)C1=O. The van der Waals surface area contributed by atoms with E-state index in [-0.39, 0.29) is 67.7 Å². The number of hydrogen-bond donors (Lipinski definition) is 1. The number of amides is 4. The van der Waals surface area contributed by atoms with Crippen molar-refractivity contribution in [3.8, 4) is 0 Å². The Morgan fingerprint density at radius 3 is 2.09 bits per heavy atom. The summed E-state index contributed by atoms with van der Waals surface area (Å²) in [6.07, 6.45) is 3.74. The smallest absolute Gasteiger partial charge is 0.328 e. The van der Waals surface area contributed by atoms with Gasteiger partial charge < -0.3 is 10.2 Å². The molecule has 1 aliphatic carbocycles. The number of nitrogens with zero attached hydrogens (tertiary/aromatic N) is 3. The first-order valence-corrected chi connectivity index (χ1v) is 16.3. The van der Waals surface area contributed by atoms with Gasteiger partial charge in [0.2, 0.25) is 11.8 Å². The number of carbonyl (C=O) groups is 3. The summed E-state index contributed by atoms with van der Waals surface area (Å²) in [6.45, 7) is 4.94. The minimum atomic E-state index is -2.67. The van der Waals surface area contributed by atoms with E-state index >= 15 is 0 Å². The molecule has 2 aromatic rings. The van der Waals surface area contributed by atoms with Crippen LogP contribution in [0.4, 0.5) is 13.6 Å². The maximum Gasteiger partial charge on any atom is 0.328 e. The first-order chi connectivity index (χ1) is 21.1. The van der Waals surface area contributed by atoms with Crippen molar-refractivity contribution >= 4 is 17.8 Å². The average molecular weight is 607 g/mol. The monoisotopic (exact) mass is 606 g/mol. The van der Waals surface area contributed by atoms with Crippen LogP contribution < -0.4 is 5.32 Å². The molecule has 3 saturated heterocycles. The van der Waals surface area contributed by atoms with E-state index in [1.165, 1.54) is 4.90 Å². The van der Waals surface area contributed by atoms with Gasteiger partial charge in [0, 0.05) is 50.0 Å². The predicted molar refractivity (Wildman–Crippen MR) is 164 cm³/mol. The second kappa shape index (κ2) is 12.2. The van der Waals surface area contributed by atoms with Crippen molar-refractivity contribution in [3.05, 3.63) is 71.8 Å². The molecule has 7 nitrogen and oxygen atoms in total. The van der Waals surface area contributed by atoms with E-state index in [9.17, 15) is 23.2 Å². The van der Waals surface area contributed by atoms with Crippen molar-refractivity contribution in [2.75, 3.05) is 6.54 Å². The van der Waals surface area contributed by atoms with Gasteiger partial charge in [-0.1, -0.05) is 60.7 Å². The number of piperidine rings is 1. The molecular formula is C35H44F2N4O3. The number of halogens is 2. The van der Waals surface area contributed by atoms with Crippen molar-refractivity contribution in [2.24, 2.45) is 5.92 Å². The van der Waals surface area contributed by atoms with Gasteiger partial charge >= 0.3 is 6.03 Å². The third kappa shape index (κ3) is 5.87. The van der Waals surface area contributed by atoms with Gasteiger partial charge in [0.05, 0.1) is 6.04 Å². The summed E-state index contributed by atoms with van der Waals surface area (Å²) in [5.74, 6) is -3.28. The molecule has 2 bridgehead atoms. The first-order valence-electron chi connectivity index (χ1n) is 16.3. The topological polar surface area (TPSA) is 73.0 Å². The zero-order valence-corrected chi connectivity index (χ0v) is 25.8. The highest BCUT2D eigenvalue weighted by Gasteiger charge is 2.63. The number of imide groups is 1. The Morgan fingerprint density at radius 2 is 1.50 bits per heavy atom. The van der Waals surface area contributed by atoms with E-state index in [2.05, 4.69) is 10.2 Å². The summed E-state index contributed by atoms with van der Waals surface area (Å²) in [6, 6.07) is 19.4. The number of fused-ring (bicyclic) bond motifs is 2. The zero-order chi connectivity index (χ0) is 31.1. The lowest BCUT2D eigenvalue weighted by Gasteiger charge is -2.47. The molecule has 44 heavy (non-hydrogen) atoms. The van der Waals surface area contributed by atoms with Gasteiger partial charge in [0.15, 0.2) is 0 Å². The second-order valence-corrected chi connectivity index (χ2v) is 13.6. The van der Waals surface area contributed by atoms with Crippen LogP contribution in [0.15, 0.2) is 60.7 Å². The van der Waals surface area contributed by atoms with Gasteiger partial charge in [-0.05, 0) is 69.9 Å². The zero-order valence-electron chi connectivity index (χ0n) is 25.8. The summed E-state index contributed by atoms with van der Waals surface area (Å²) in [4.78, 5) is 46.8. The number of benzene rings is 2. The second-order valence-electron chi connectivity index (χ2n) is 13.6. The highest BCUT2D eigenvalue weighted by Crippen LogP contribution is 2.48. The summed E-state index contributed by atoms with van der Waals surface area (Å²) in [7, 11) is 0. The van der Waals surface area contributed by atoms with E-state index in [1.54, 1.807) is 0 Å². The van der Waals surface area contributed by atoms with Gasteiger partial charge in [-0.25, -0.2) is 13.6 Å². The molecule has 1 spiro atoms. The Balaban J connectivity index is 1.18. The molecule has 3 heterocycles. The lowest BCUT2D eigenvalue weighted by atomic mass is 9.80. The summed E-state index contributed by atoms with van der Waals surface area (Å²) >= 11 is 0. The number of nitrogens with one attached hydrogen (secondary N) is 1. The van der Waals surface area contributed by atoms with Crippen molar-refractivity contribution < 1.29 is 23.2 Å². The van der Waals surface area contributed by atoms with Gasteiger partial charge in [-0.15, -0.1) is 0 Å². The highest BCUT2D eigenvalue weighted by atomic mass is 19.3. The lowest BCUT2D eigenvalue weighted by molar-refractivity contribution is -0.138. The van der Waals surface area contributed by atoms with Gasteiger partial charge in [0.25, 0.3) is 5.91 Å². The van der Waals surface area contributed by atoms with Crippen LogP contribution in [-0.4, -0.2) is 68.7 Å². The van der Waals surface area contributed by atoms with Gasteiger partial charge in [0.1, 0.15) is 5.54 Å². The summed E-state index contributed by atoms with van der Waals surface area (Å²) in [5.41, 5.74) is 1.16. The first kappa shape index (κ1) is 30.7. The standard InChI is InChI=1S/C35H44F2N4O3/c1-24(2)41-32(43)34(40(33(41)44)23-25-9-5-3-6-10-25)21-28-13-14-29(22-34)39(28)20-17-30(26-11-7-4-8-12-26)38-31(42)27-15-18-35(36,37)19-16-27/h3-12,24,27-30H,13-23H2,1-2H3,(H,38,42)/t28?,29?,30-,34?/m0/s1. The van der Waals surface area contributed by atoms with Crippen LogP contribution in [0, 0.1) is 5.92 Å². The molecule has 6 rings (SSSR count). The largest absolute Gasteiger partial charge is 0.349 e. The van der Waals surface area contributed by atoms with Crippen molar-refractivity contribution in [1.82, 2.24) is 20.0 Å². The maximum absolute atomic E-state index is 14.1. The Kier molecular flexibility index (Phi) is 8.52. The molecule has 4 aliphatic rings. The van der Waals surface area contributed by atoms with E-state index in [4.69, 9.17) is 0 Å². The minimum Gasteiger partial charge on any atom is -0.349 e. The van der Waals surface area contributed by atoms with Gasteiger partial charge in [-0.2, -0.15) is 0 Å². The van der Waals surface area contributed by atoms with Crippen molar-refractivity contribution in [2.45, 2.75) is 114 Å². The van der Waals surface area contributed by atoms with Crippen LogP contribution in [0.1, 0.15) is 88.8 Å². The molecule has 4 fully saturated rings. The Morgan fingerprint density at radius 1 is 0.909 bits per heavy atom. The summed E-state index contributed by atoms with van der Waals surface area (Å²) in [5, 5.41) is 3.21. The fourth-order valence-corrected chi connectivity index (χ4v) is 8.13. The van der Waals surface area contributed by atoms with Crippen LogP contribution in [0.3, 0.4) is 0 Å². The summed E-state index contributed by atoms with van der Waals surface area (Å²) < 4.78 is 27.5. The molecule has 236 valence electrons. The normalized spacial score (nSPS) is 27.8. The molecule has 2 aromatic carbocycles. The van der Waals surface area contributed by atoms with Crippen molar-refractivity contribution in [1.29, 1.82) is 0 Å². The third-order valence-electron chi connectivity index (χ3n) is 10.5. The molecule has 9 heteroatoms. The number of rotatable bonds is 9. The van der Waals surface area contributed by atoms with Crippen molar-refractivity contribution in [3.63, 3.8) is 0 Å². The molecule has 3 atom stereocenters. The maximum atomic E-state index is 14.1. The highest BCUT2D eigenvalue weighted by molar-refractivity contribution is 6.07. The molecule has 1 saturated carbocycles. The predicted octanol–water partition coefficient (Wildman–Crippen LogP) is 6.30. The minimum absolute atomic E-state index is 0.0718. The average Bonchev–Trinajstić information content (AvgIpc) is 3.36.